The largest absolute Gasteiger partial charge is 0.487 e. The van der Waals surface area contributed by atoms with Crippen LogP contribution < -0.4 is 9.47 Å². The third kappa shape index (κ3) is 4.98. The summed E-state index contributed by atoms with van der Waals surface area (Å²) >= 11 is 0. The highest BCUT2D eigenvalue weighted by atomic mass is 16.5. The number of rotatable bonds is 2. The van der Waals surface area contributed by atoms with E-state index in [0.29, 0.717) is 6.04 Å². The van der Waals surface area contributed by atoms with Crippen LogP contribution in [0.1, 0.15) is 96.1 Å². The van der Waals surface area contributed by atoms with Crippen LogP contribution in [0.15, 0.2) is 36.4 Å². The summed E-state index contributed by atoms with van der Waals surface area (Å²) < 4.78 is 12.7. The molecule has 0 bridgehead atoms. The Morgan fingerprint density at radius 1 is 0.650 bits per heavy atom. The van der Waals surface area contributed by atoms with Gasteiger partial charge in [0, 0.05) is 55.4 Å². The van der Waals surface area contributed by atoms with Crippen molar-refractivity contribution < 1.29 is 19.1 Å². The molecule has 6 heteroatoms. The van der Waals surface area contributed by atoms with Crippen molar-refractivity contribution in [1.82, 2.24) is 9.80 Å². The van der Waals surface area contributed by atoms with Crippen molar-refractivity contribution in [3.63, 3.8) is 0 Å². The van der Waals surface area contributed by atoms with Gasteiger partial charge in [0.25, 0.3) is 0 Å². The molecule has 2 aromatic carbocycles. The highest BCUT2D eigenvalue weighted by molar-refractivity contribution is 5.76. The molecule has 6 aliphatic heterocycles. The van der Waals surface area contributed by atoms with E-state index in [1.807, 2.05) is 36.4 Å². The second-order valence-corrected chi connectivity index (χ2v) is 13.2. The van der Waals surface area contributed by atoms with Gasteiger partial charge in [0.2, 0.25) is 0 Å². The van der Waals surface area contributed by atoms with Crippen molar-refractivity contribution in [1.29, 1.82) is 0 Å². The van der Waals surface area contributed by atoms with E-state index in [0.717, 1.165) is 79.8 Å². The average Bonchev–Trinajstić information content (AvgIpc) is 3.72. The fourth-order valence-electron chi connectivity index (χ4n) is 8.56. The Labute approximate surface area is 238 Å². The van der Waals surface area contributed by atoms with E-state index < -0.39 is 0 Å². The highest BCUT2D eigenvalue weighted by Crippen LogP contribution is 2.45. The molecule has 0 radical (unpaired) electrons. The summed E-state index contributed by atoms with van der Waals surface area (Å²) in [4.78, 5) is 27.1. The monoisotopic (exact) mass is 542 g/mol. The molecular weight excluding hydrogens is 500 g/mol. The molecule has 4 fully saturated rings. The van der Waals surface area contributed by atoms with Crippen LogP contribution in [0.5, 0.6) is 11.5 Å². The first-order chi connectivity index (χ1) is 19.6. The Bertz CT molecular complexity index is 1260. The molecule has 4 saturated heterocycles. The first kappa shape index (κ1) is 26.2. The molecule has 212 valence electrons. The van der Waals surface area contributed by atoms with E-state index in [1.54, 1.807) is 0 Å². The number of carbonyl (C=O) groups excluding carboxylic acids is 2. The molecular formula is C34H42N2O4. The Balaban J connectivity index is 0.000000132. The van der Waals surface area contributed by atoms with Crippen LogP contribution >= 0.6 is 0 Å². The van der Waals surface area contributed by atoms with Crippen molar-refractivity contribution in [3.05, 3.63) is 58.7 Å². The standard InChI is InChI=1S/2C17H21NO2/c19-12-13-4-5-16-14(9-13)10-17(20-16)6-2-8-18-7-1-3-15(18)11-17;19-12-13-3-4-16-14(10-13)11-17(20-16)6-5-15-2-1-8-18(15)9-7-17/h4-5,9,12,15H,1-3,6-8,10-11H2;3-4,10,12,15H,1-2,5-9,11H2. The van der Waals surface area contributed by atoms with Crippen LogP contribution in [0.25, 0.3) is 0 Å². The number of nitrogens with zero attached hydrogens (tertiary/aromatic N) is 2. The maximum Gasteiger partial charge on any atom is 0.150 e. The number of benzene rings is 2. The first-order valence-electron chi connectivity index (χ1n) is 15.6. The van der Waals surface area contributed by atoms with Crippen LogP contribution in [0.2, 0.25) is 0 Å². The molecule has 4 atom stereocenters. The molecule has 2 spiro atoms. The van der Waals surface area contributed by atoms with Gasteiger partial charge in [-0.05, 0) is 119 Å². The minimum absolute atomic E-state index is 0.00577. The summed E-state index contributed by atoms with van der Waals surface area (Å²) in [6.45, 7) is 4.93. The van der Waals surface area contributed by atoms with Gasteiger partial charge in [-0.3, -0.25) is 9.59 Å². The SMILES string of the molecule is O=Cc1ccc2c(c1)CC1(CCC3CCCN3CC1)O2.O=Cc1ccc2c(c1)CC1(CCCN3CCCC3C1)O2. The number of carbonyl (C=O) groups is 2. The lowest BCUT2D eigenvalue weighted by Gasteiger charge is -2.30. The van der Waals surface area contributed by atoms with Gasteiger partial charge in [-0.25, -0.2) is 0 Å². The summed E-state index contributed by atoms with van der Waals surface area (Å²) in [6.07, 6.45) is 16.2. The summed E-state index contributed by atoms with van der Waals surface area (Å²) in [5.74, 6) is 2.00. The Morgan fingerprint density at radius 2 is 1.25 bits per heavy atom. The Kier molecular flexibility index (Phi) is 6.95. The summed E-state index contributed by atoms with van der Waals surface area (Å²) in [5.41, 5.74) is 3.96. The van der Waals surface area contributed by atoms with Gasteiger partial charge in [0.05, 0.1) is 0 Å². The van der Waals surface area contributed by atoms with Gasteiger partial charge < -0.3 is 19.3 Å². The molecule has 2 aromatic rings. The zero-order valence-electron chi connectivity index (χ0n) is 23.6. The smallest absolute Gasteiger partial charge is 0.150 e. The van der Waals surface area contributed by atoms with Crippen molar-refractivity contribution >= 4 is 12.6 Å². The van der Waals surface area contributed by atoms with Gasteiger partial charge in [0.15, 0.2) is 0 Å². The number of aldehydes is 2. The molecule has 0 N–H and O–H groups in total. The van der Waals surface area contributed by atoms with Gasteiger partial charge in [-0.15, -0.1) is 0 Å². The fraction of sp³-hybridized carbons (Fsp3) is 0.588. The summed E-state index contributed by atoms with van der Waals surface area (Å²) in [5, 5.41) is 0. The molecule has 6 nitrogen and oxygen atoms in total. The summed E-state index contributed by atoms with van der Waals surface area (Å²) in [6, 6.07) is 13.2. The first-order valence-corrected chi connectivity index (χ1v) is 15.6. The van der Waals surface area contributed by atoms with E-state index in [4.69, 9.17) is 9.47 Å². The molecule has 8 rings (SSSR count). The molecule has 4 unspecified atom stereocenters. The molecule has 0 saturated carbocycles. The van der Waals surface area contributed by atoms with E-state index in [1.165, 1.54) is 75.8 Å². The van der Waals surface area contributed by atoms with Crippen LogP contribution in [-0.4, -0.2) is 71.8 Å². The number of hydrogen-bond acceptors (Lipinski definition) is 6. The Hall–Kier alpha value is -2.70. The molecule has 0 aromatic heterocycles. The van der Waals surface area contributed by atoms with Crippen LogP contribution in [0.3, 0.4) is 0 Å². The predicted molar refractivity (Wildman–Crippen MR) is 155 cm³/mol. The maximum atomic E-state index is 10.9. The highest BCUT2D eigenvalue weighted by Gasteiger charge is 2.45. The van der Waals surface area contributed by atoms with Crippen molar-refractivity contribution in [2.75, 3.05) is 26.2 Å². The zero-order chi connectivity index (χ0) is 27.2. The molecule has 0 aliphatic carbocycles. The topological polar surface area (TPSA) is 59.1 Å². The normalized spacial score (nSPS) is 32.5. The van der Waals surface area contributed by atoms with Crippen LogP contribution in [0, 0.1) is 0 Å². The lowest BCUT2D eigenvalue weighted by Crippen LogP contribution is -2.39. The summed E-state index contributed by atoms with van der Waals surface area (Å²) in [7, 11) is 0. The minimum Gasteiger partial charge on any atom is -0.487 e. The number of ether oxygens (including phenoxy) is 2. The lowest BCUT2D eigenvalue weighted by atomic mass is 9.86. The van der Waals surface area contributed by atoms with Crippen LogP contribution in [-0.2, 0) is 12.8 Å². The van der Waals surface area contributed by atoms with Gasteiger partial charge in [0.1, 0.15) is 35.3 Å². The molecule has 0 amide bonds. The second-order valence-electron chi connectivity index (χ2n) is 13.2. The van der Waals surface area contributed by atoms with E-state index >= 15 is 0 Å². The molecule has 6 aliphatic rings. The van der Waals surface area contributed by atoms with E-state index in [-0.39, 0.29) is 11.2 Å². The molecule has 6 heterocycles. The minimum atomic E-state index is -0.00635. The van der Waals surface area contributed by atoms with Crippen molar-refractivity contribution in [2.45, 2.75) is 100 Å². The third-order valence-electron chi connectivity index (χ3n) is 10.6. The second kappa shape index (κ2) is 10.6. The fourth-order valence-corrected chi connectivity index (χ4v) is 8.56. The quantitative estimate of drug-likeness (QED) is 0.458. The average molecular weight is 543 g/mol. The predicted octanol–water partition coefficient (Wildman–Crippen LogP) is 5.64. The maximum absolute atomic E-state index is 10.9. The van der Waals surface area contributed by atoms with Crippen molar-refractivity contribution in [3.8, 4) is 11.5 Å². The van der Waals surface area contributed by atoms with E-state index in [2.05, 4.69) is 9.80 Å². The van der Waals surface area contributed by atoms with E-state index in [9.17, 15) is 9.59 Å². The Morgan fingerprint density at radius 3 is 1.95 bits per heavy atom. The van der Waals surface area contributed by atoms with Gasteiger partial charge >= 0.3 is 0 Å². The lowest BCUT2D eigenvalue weighted by molar-refractivity contribution is 0.0649. The third-order valence-corrected chi connectivity index (χ3v) is 10.6. The molecule has 40 heavy (non-hydrogen) atoms. The zero-order valence-corrected chi connectivity index (χ0v) is 23.6. The van der Waals surface area contributed by atoms with Crippen molar-refractivity contribution in [2.24, 2.45) is 0 Å². The van der Waals surface area contributed by atoms with Gasteiger partial charge in [-0.1, -0.05) is 0 Å². The number of fused-ring (bicyclic) bond motifs is 4. The number of hydrogen-bond donors (Lipinski definition) is 0. The van der Waals surface area contributed by atoms with Gasteiger partial charge in [-0.2, -0.15) is 0 Å². The van der Waals surface area contributed by atoms with Crippen LogP contribution in [0.4, 0.5) is 0 Å².